The smallest absolute Gasteiger partial charge is 0.254 e. The molecule has 1 saturated heterocycles. The average Bonchev–Trinajstić information content (AvgIpc) is 3.00. The lowest BCUT2D eigenvalue weighted by atomic mass is 9.88. The number of likely N-dealkylation sites (tertiary alicyclic amines) is 1. The zero-order chi connectivity index (χ0) is 16.7. The predicted octanol–water partition coefficient (Wildman–Crippen LogP) is 3.46. The zero-order valence-corrected chi connectivity index (χ0v) is 13.5. The van der Waals surface area contributed by atoms with Gasteiger partial charge in [0.2, 0.25) is 0 Å². The lowest BCUT2D eigenvalue weighted by Gasteiger charge is -2.38. The molecule has 2 unspecified atom stereocenters. The highest BCUT2D eigenvalue weighted by molar-refractivity contribution is 5.98. The van der Waals surface area contributed by atoms with Gasteiger partial charge in [0.15, 0.2) is 0 Å². The SMILES string of the molecule is N=Cc1cc(C(=O)N2CCCC3c4ccccc4CC32)ccc1N.[HH]. The molecule has 0 saturated carbocycles. The molecule has 2 atom stereocenters. The van der Waals surface area contributed by atoms with Crippen molar-refractivity contribution in [3.8, 4) is 0 Å². The van der Waals surface area contributed by atoms with Crippen molar-refractivity contribution < 1.29 is 6.22 Å². The van der Waals surface area contributed by atoms with Gasteiger partial charge in [-0.2, -0.15) is 0 Å². The van der Waals surface area contributed by atoms with E-state index in [-0.39, 0.29) is 13.4 Å². The van der Waals surface area contributed by atoms with Crippen LogP contribution in [0.25, 0.3) is 0 Å². The summed E-state index contributed by atoms with van der Waals surface area (Å²) in [6.45, 7) is 0.804. The number of carbonyl (C=O) groups excluding carboxylic acids is 1. The molecule has 0 radical (unpaired) electrons. The minimum Gasteiger partial charge on any atom is -0.398 e. The number of hydrogen-bond donors (Lipinski definition) is 2. The Bertz CT molecular complexity index is 820. The van der Waals surface area contributed by atoms with Crippen molar-refractivity contribution in [1.29, 1.82) is 5.41 Å². The predicted molar refractivity (Wildman–Crippen MR) is 97.8 cm³/mol. The third-order valence-electron chi connectivity index (χ3n) is 5.41. The Morgan fingerprint density at radius 3 is 2.96 bits per heavy atom. The molecule has 2 aliphatic rings. The number of carbonyl (C=O) groups is 1. The van der Waals surface area contributed by atoms with Crippen LogP contribution >= 0.6 is 0 Å². The second-order valence-electron chi connectivity index (χ2n) is 6.71. The molecule has 4 heteroatoms. The van der Waals surface area contributed by atoms with Crippen LogP contribution in [0.2, 0.25) is 0 Å². The van der Waals surface area contributed by atoms with Crippen LogP contribution in [-0.4, -0.2) is 29.6 Å². The van der Waals surface area contributed by atoms with Crippen molar-refractivity contribution in [2.75, 3.05) is 12.3 Å². The van der Waals surface area contributed by atoms with E-state index in [2.05, 4.69) is 24.3 Å². The van der Waals surface area contributed by atoms with Gasteiger partial charge in [-0.25, -0.2) is 0 Å². The maximum atomic E-state index is 13.1. The maximum Gasteiger partial charge on any atom is 0.254 e. The van der Waals surface area contributed by atoms with Crippen LogP contribution in [0, 0.1) is 5.41 Å². The highest BCUT2D eigenvalue weighted by atomic mass is 16.2. The Morgan fingerprint density at radius 1 is 1.29 bits per heavy atom. The maximum absolute atomic E-state index is 13.1. The molecule has 0 bridgehead atoms. The number of amides is 1. The summed E-state index contributed by atoms with van der Waals surface area (Å²) in [4.78, 5) is 15.1. The van der Waals surface area contributed by atoms with E-state index in [0.717, 1.165) is 25.8 Å². The molecule has 4 nitrogen and oxygen atoms in total. The molecule has 2 aromatic rings. The van der Waals surface area contributed by atoms with Crippen molar-refractivity contribution >= 4 is 17.8 Å². The quantitative estimate of drug-likeness (QED) is 0.657. The molecule has 2 aromatic carbocycles. The van der Waals surface area contributed by atoms with Crippen molar-refractivity contribution in [2.45, 2.75) is 31.2 Å². The van der Waals surface area contributed by atoms with Gasteiger partial charge in [-0.3, -0.25) is 4.79 Å². The number of anilines is 1. The Morgan fingerprint density at radius 2 is 2.12 bits per heavy atom. The summed E-state index contributed by atoms with van der Waals surface area (Å²) < 4.78 is 0. The summed E-state index contributed by atoms with van der Waals surface area (Å²) in [5.41, 5.74) is 10.4. The molecule has 0 aromatic heterocycles. The van der Waals surface area contributed by atoms with E-state index in [1.54, 1.807) is 18.2 Å². The van der Waals surface area contributed by atoms with Gasteiger partial charge in [-0.1, -0.05) is 24.3 Å². The lowest BCUT2D eigenvalue weighted by Crippen LogP contribution is -2.46. The molecule has 1 aliphatic heterocycles. The third kappa shape index (κ3) is 2.30. The third-order valence-corrected chi connectivity index (χ3v) is 5.41. The van der Waals surface area contributed by atoms with Crippen LogP contribution in [0.3, 0.4) is 0 Å². The number of nitrogens with two attached hydrogens (primary N) is 1. The van der Waals surface area contributed by atoms with Crippen molar-refractivity contribution in [1.82, 2.24) is 4.90 Å². The molecule has 3 N–H and O–H groups in total. The van der Waals surface area contributed by atoms with Gasteiger partial charge in [-0.15, -0.1) is 0 Å². The van der Waals surface area contributed by atoms with Crippen molar-refractivity contribution in [3.63, 3.8) is 0 Å². The Hall–Kier alpha value is -2.62. The molecule has 1 fully saturated rings. The van der Waals surface area contributed by atoms with Crippen LogP contribution in [0.4, 0.5) is 5.69 Å². The van der Waals surface area contributed by atoms with Crippen LogP contribution in [0.1, 0.15) is 47.2 Å². The molecule has 4 rings (SSSR count). The highest BCUT2D eigenvalue weighted by Crippen LogP contribution is 2.42. The molecular formula is C20H23N3O. The minimum absolute atomic E-state index is 0. The van der Waals surface area contributed by atoms with Gasteiger partial charge >= 0.3 is 0 Å². The van der Waals surface area contributed by atoms with Gasteiger partial charge in [-0.05, 0) is 48.6 Å². The van der Waals surface area contributed by atoms with Crippen LogP contribution in [0.15, 0.2) is 42.5 Å². The summed E-state index contributed by atoms with van der Waals surface area (Å²) in [5.74, 6) is 0.510. The number of rotatable bonds is 2. The Kier molecular flexibility index (Phi) is 3.60. The van der Waals surface area contributed by atoms with Gasteiger partial charge in [0, 0.05) is 43.0 Å². The van der Waals surface area contributed by atoms with E-state index in [1.165, 1.54) is 17.3 Å². The first-order chi connectivity index (χ1) is 11.7. The van der Waals surface area contributed by atoms with Gasteiger partial charge in [0.05, 0.1) is 0 Å². The molecule has 0 spiro atoms. The number of benzene rings is 2. The first kappa shape index (κ1) is 14.9. The number of piperidine rings is 1. The first-order valence-electron chi connectivity index (χ1n) is 8.48. The van der Waals surface area contributed by atoms with E-state index < -0.39 is 0 Å². The number of nitrogen functional groups attached to an aromatic ring is 1. The van der Waals surface area contributed by atoms with Crippen molar-refractivity contribution in [2.24, 2.45) is 0 Å². The Labute approximate surface area is 143 Å². The molecule has 1 amide bonds. The largest absolute Gasteiger partial charge is 0.398 e. The summed E-state index contributed by atoms with van der Waals surface area (Å²) >= 11 is 0. The van der Waals surface area contributed by atoms with E-state index in [9.17, 15) is 4.79 Å². The lowest BCUT2D eigenvalue weighted by molar-refractivity contribution is 0.0595. The normalized spacial score (nSPS) is 21.9. The zero-order valence-electron chi connectivity index (χ0n) is 13.5. The van der Waals surface area contributed by atoms with Gasteiger partial charge in [0.25, 0.3) is 5.91 Å². The van der Waals surface area contributed by atoms with E-state index in [0.29, 0.717) is 22.7 Å². The second kappa shape index (κ2) is 5.78. The molecular weight excluding hydrogens is 298 g/mol. The number of hydrogen-bond acceptors (Lipinski definition) is 3. The van der Waals surface area contributed by atoms with Crippen molar-refractivity contribution in [3.05, 3.63) is 64.7 Å². The average molecular weight is 321 g/mol. The number of nitrogens with zero attached hydrogens (tertiary/aromatic N) is 1. The molecule has 24 heavy (non-hydrogen) atoms. The van der Waals surface area contributed by atoms with Gasteiger partial charge in [0.1, 0.15) is 0 Å². The summed E-state index contributed by atoms with van der Waals surface area (Å²) in [5, 5.41) is 7.44. The summed E-state index contributed by atoms with van der Waals surface area (Å²) in [6, 6.07) is 14.1. The highest BCUT2D eigenvalue weighted by Gasteiger charge is 2.40. The fraction of sp³-hybridized carbons (Fsp3) is 0.300. The van der Waals surface area contributed by atoms with Crippen LogP contribution in [0.5, 0.6) is 0 Å². The fourth-order valence-electron chi connectivity index (χ4n) is 4.23. The first-order valence-corrected chi connectivity index (χ1v) is 8.48. The minimum atomic E-state index is 0. The topological polar surface area (TPSA) is 70.2 Å². The molecule has 1 heterocycles. The number of fused-ring (bicyclic) bond motifs is 3. The van der Waals surface area contributed by atoms with E-state index in [1.807, 2.05) is 4.90 Å². The van der Waals surface area contributed by atoms with Crippen LogP contribution < -0.4 is 5.73 Å². The standard InChI is InChI=1S/C20H21N3O.H2/c21-12-15-10-14(7-8-18(15)22)20(24)23-9-3-6-17-16-5-2-1-4-13(16)11-19(17)23;/h1-2,4-5,7-8,10,12,17,19,21H,3,6,9,11,22H2;1H. The van der Waals surface area contributed by atoms with Gasteiger partial charge < -0.3 is 16.0 Å². The Balaban J connectivity index is 0.00000182. The number of nitrogens with one attached hydrogen (secondary N) is 1. The fourth-order valence-corrected chi connectivity index (χ4v) is 4.23. The second-order valence-corrected chi connectivity index (χ2v) is 6.71. The van der Waals surface area contributed by atoms with Crippen LogP contribution in [-0.2, 0) is 6.42 Å². The monoisotopic (exact) mass is 321 g/mol. The molecule has 1 aliphatic carbocycles. The van der Waals surface area contributed by atoms with E-state index in [4.69, 9.17) is 11.1 Å². The summed E-state index contributed by atoms with van der Waals surface area (Å²) in [6.07, 6.45) is 4.34. The molecule has 124 valence electrons. The summed E-state index contributed by atoms with van der Waals surface area (Å²) in [7, 11) is 0. The van der Waals surface area contributed by atoms with E-state index >= 15 is 0 Å².